The number of hydrogen-bond donors (Lipinski definition) is 1. The molecule has 0 unspecified atom stereocenters. The summed E-state index contributed by atoms with van der Waals surface area (Å²) < 4.78 is 17.0. The summed E-state index contributed by atoms with van der Waals surface area (Å²) in [6, 6.07) is 27.5. The zero-order valence-corrected chi connectivity index (χ0v) is 23.0. The van der Waals surface area contributed by atoms with Crippen LogP contribution >= 0.6 is 0 Å². The molecule has 6 nitrogen and oxygen atoms in total. The van der Waals surface area contributed by atoms with Gasteiger partial charge in [0.1, 0.15) is 6.10 Å². The number of carbonyl (C=O) groups excluding carboxylic acids is 2. The number of benzene rings is 3. The fourth-order valence-corrected chi connectivity index (χ4v) is 5.28. The van der Waals surface area contributed by atoms with E-state index in [4.69, 9.17) is 14.2 Å². The SMILES string of the molecule is COC(=O)CCC/C=C\C[C@@H]1[C@@H](CO)[C@H](OC(=O)c2ccccc2)C[C@@H]1OCc1ccc(-c2ccccc2)cc1. The van der Waals surface area contributed by atoms with E-state index in [-0.39, 0.29) is 30.5 Å². The molecule has 0 radical (unpaired) electrons. The van der Waals surface area contributed by atoms with Crippen LogP contribution in [0.25, 0.3) is 11.1 Å². The highest BCUT2D eigenvalue weighted by molar-refractivity contribution is 5.89. The van der Waals surface area contributed by atoms with E-state index in [0.717, 1.165) is 23.1 Å². The van der Waals surface area contributed by atoms with Crippen molar-refractivity contribution >= 4 is 11.9 Å². The molecule has 210 valence electrons. The van der Waals surface area contributed by atoms with Gasteiger partial charge in [0.2, 0.25) is 0 Å². The molecule has 40 heavy (non-hydrogen) atoms. The molecule has 0 amide bonds. The van der Waals surface area contributed by atoms with E-state index < -0.39 is 12.1 Å². The van der Waals surface area contributed by atoms with Crippen molar-refractivity contribution in [2.24, 2.45) is 11.8 Å². The number of carbonyl (C=O) groups is 2. The van der Waals surface area contributed by atoms with E-state index in [1.54, 1.807) is 24.3 Å². The van der Waals surface area contributed by atoms with Gasteiger partial charge < -0.3 is 19.3 Å². The summed E-state index contributed by atoms with van der Waals surface area (Å²) in [5.74, 6) is -0.854. The van der Waals surface area contributed by atoms with Gasteiger partial charge in [-0.25, -0.2) is 4.79 Å². The number of ether oxygens (including phenoxy) is 3. The van der Waals surface area contributed by atoms with Crippen LogP contribution in [0.3, 0.4) is 0 Å². The Morgan fingerprint density at radius 2 is 1.52 bits per heavy atom. The number of hydrogen-bond acceptors (Lipinski definition) is 6. The molecule has 1 aliphatic carbocycles. The summed E-state index contributed by atoms with van der Waals surface area (Å²) in [5, 5.41) is 10.3. The Balaban J connectivity index is 1.41. The van der Waals surface area contributed by atoms with E-state index in [2.05, 4.69) is 48.6 Å². The normalized spacial score (nSPS) is 20.4. The van der Waals surface area contributed by atoms with Crippen molar-refractivity contribution in [2.75, 3.05) is 13.7 Å². The second kappa shape index (κ2) is 15.2. The minimum absolute atomic E-state index is 0.0148. The lowest BCUT2D eigenvalue weighted by Gasteiger charge is -2.24. The predicted molar refractivity (Wildman–Crippen MR) is 154 cm³/mol. The molecule has 0 aliphatic heterocycles. The van der Waals surface area contributed by atoms with Crippen LogP contribution in [0, 0.1) is 11.8 Å². The second-order valence-electron chi connectivity index (χ2n) is 10.1. The highest BCUT2D eigenvalue weighted by atomic mass is 16.6. The zero-order valence-electron chi connectivity index (χ0n) is 23.0. The predicted octanol–water partition coefficient (Wildman–Crippen LogP) is 6.38. The van der Waals surface area contributed by atoms with E-state index >= 15 is 0 Å². The fourth-order valence-electron chi connectivity index (χ4n) is 5.28. The maximum atomic E-state index is 12.8. The Labute approximate surface area is 236 Å². The van der Waals surface area contributed by atoms with Crippen LogP contribution in [-0.2, 0) is 25.6 Å². The molecule has 1 aliphatic rings. The molecule has 1 N–H and O–H groups in total. The van der Waals surface area contributed by atoms with Gasteiger partial charge >= 0.3 is 11.9 Å². The molecule has 0 aromatic heterocycles. The highest BCUT2D eigenvalue weighted by Crippen LogP contribution is 2.39. The van der Waals surface area contributed by atoms with Gasteiger partial charge in [0.15, 0.2) is 0 Å². The Hall–Kier alpha value is -3.74. The molecule has 0 saturated heterocycles. The Morgan fingerprint density at radius 1 is 0.850 bits per heavy atom. The summed E-state index contributed by atoms with van der Waals surface area (Å²) in [6.07, 6.45) is 6.57. The minimum Gasteiger partial charge on any atom is -0.469 e. The van der Waals surface area contributed by atoms with Crippen LogP contribution in [0.5, 0.6) is 0 Å². The molecule has 0 heterocycles. The first-order valence-corrected chi connectivity index (χ1v) is 13.9. The number of allylic oxidation sites excluding steroid dienone is 2. The fraction of sp³-hybridized carbons (Fsp3) is 0.353. The quantitative estimate of drug-likeness (QED) is 0.153. The minimum atomic E-state index is -0.444. The van der Waals surface area contributed by atoms with E-state index in [1.165, 1.54) is 7.11 Å². The van der Waals surface area contributed by atoms with Crippen molar-refractivity contribution in [3.8, 4) is 11.1 Å². The molecule has 3 aromatic rings. The molecular weight excluding hydrogens is 504 g/mol. The third-order valence-electron chi connectivity index (χ3n) is 7.53. The van der Waals surface area contributed by atoms with Gasteiger partial charge in [0, 0.05) is 25.4 Å². The number of rotatable bonds is 13. The molecule has 0 bridgehead atoms. The van der Waals surface area contributed by atoms with Gasteiger partial charge in [-0.15, -0.1) is 0 Å². The first-order chi connectivity index (χ1) is 19.6. The molecule has 4 rings (SSSR count). The first-order valence-electron chi connectivity index (χ1n) is 13.9. The van der Waals surface area contributed by atoms with Crippen LogP contribution in [0.2, 0.25) is 0 Å². The van der Waals surface area contributed by atoms with Crippen molar-refractivity contribution in [2.45, 2.75) is 50.9 Å². The maximum Gasteiger partial charge on any atom is 0.338 e. The lowest BCUT2D eigenvalue weighted by Crippen LogP contribution is -2.29. The smallest absolute Gasteiger partial charge is 0.338 e. The maximum absolute atomic E-state index is 12.8. The summed E-state index contributed by atoms with van der Waals surface area (Å²) >= 11 is 0. The lowest BCUT2D eigenvalue weighted by molar-refractivity contribution is -0.140. The van der Waals surface area contributed by atoms with Gasteiger partial charge in [-0.2, -0.15) is 0 Å². The Bertz CT molecular complexity index is 1220. The standard InChI is InChI=1S/C34H38O6/c1-38-33(36)17-11-3-2-10-16-29-30(23-35)32(40-34(37)28-14-8-5-9-15-28)22-31(29)39-24-25-18-20-27(21-19-25)26-12-6-4-7-13-26/h2,4-10,12-15,18-21,29-32,35H,3,11,16-17,22-24H2,1H3/b10-2-/t29-,30-,31+,32-/m1/s1. The third-order valence-corrected chi connectivity index (χ3v) is 7.53. The average molecular weight is 543 g/mol. The van der Waals surface area contributed by atoms with Crippen LogP contribution in [0.4, 0.5) is 0 Å². The molecular formula is C34H38O6. The second-order valence-corrected chi connectivity index (χ2v) is 10.1. The first kappa shape index (κ1) is 29.2. The average Bonchev–Trinajstić information content (AvgIpc) is 3.34. The molecule has 4 atom stereocenters. The third kappa shape index (κ3) is 8.13. The monoisotopic (exact) mass is 542 g/mol. The van der Waals surface area contributed by atoms with E-state index in [0.29, 0.717) is 37.9 Å². The van der Waals surface area contributed by atoms with Gasteiger partial charge in [0.25, 0.3) is 0 Å². The van der Waals surface area contributed by atoms with Gasteiger partial charge in [-0.05, 0) is 54.0 Å². The summed E-state index contributed by atoms with van der Waals surface area (Å²) in [5.41, 5.74) is 3.86. The molecule has 0 spiro atoms. The Kier molecular flexibility index (Phi) is 11.1. The number of methoxy groups -OCH3 is 1. The largest absolute Gasteiger partial charge is 0.469 e. The number of aliphatic hydroxyl groups is 1. The van der Waals surface area contributed by atoms with Crippen molar-refractivity contribution < 1.29 is 28.9 Å². The van der Waals surface area contributed by atoms with Crippen LogP contribution < -0.4 is 0 Å². The van der Waals surface area contributed by atoms with E-state index in [1.807, 2.05) is 24.3 Å². The zero-order chi connectivity index (χ0) is 28.2. The highest BCUT2D eigenvalue weighted by Gasteiger charge is 2.45. The molecule has 3 aromatic carbocycles. The Morgan fingerprint density at radius 3 is 2.20 bits per heavy atom. The number of unbranched alkanes of at least 4 members (excludes halogenated alkanes) is 1. The van der Waals surface area contributed by atoms with E-state index in [9.17, 15) is 14.7 Å². The molecule has 1 fully saturated rings. The van der Waals surface area contributed by atoms with Crippen LogP contribution in [0.1, 0.15) is 48.0 Å². The lowest BCUT2D eigenvalue weighted by atomic mass is 9.91. The van der Waals surface area contributed by atoms with Crippen molar-refractivity contribution in [3.63, 3.8) is 0 Å². The van der Waals surface area contributed by atoms with Gasteiger partial charge in [-0.3, -0.25) is 4.79 Å². The summed E-state index contributed by atoms with van der Waals surface area (Å²) in [4.78, 5) is 24.2. The van der Waals surface area contributed by atoms with Gasteiger partial charge in [-0.1, -0.05) is 84.9 Å². The van der Waals surface area contributed by atoms with Crippen LogP contribution in [0.15, 0.2) is 97.1 Å². The van der Waals surface area contributed by atoms with Crippen LogP contribution in [-0.4, -0.2) is 43.0 Å². The number of esters is 2. The molecule has 6 heteroatoms. The molecule has 1 saturated carbocycles. The topological polar surface area (TPSA) is 82.1 Å². The number of aliphatic hydroxyl groups excluding tert-OH is 1. The van der Waals surface area contributed by atoms with Crippen molar-refractivity contribution in [3.05, 3.63) is 108 Å². The summed E-state index contributed by atoms with van der Waals surface area (Å²) in [6.45, 7) is 0.329. The van der Waals surface area contributed by atoms with Crippen molar-refractivity contribution in [1.82, 2.24) is 0 Å². The van der Waals surface area contributed by atoms with Crippen molar-refractivity contribution in [1.29, 1.82) is 0 Å². The summed E-state index contributed by atoms with van der Waals surface area (Å²) in [7, 11) is 1.39. The van der Waals surface area contributed by atoms with Gasteiger partial charge in [0.05, 0.1) is 25.4 Å².